The third-order valence-electron chi connectivity index (χ3n) is 4.89. The molecule has 0 aromatic heterocycles. The zero-order chi connectivity index (χ0) is 16.1. The van der Waals surface area contributed by atoms with Crippen molar-refractivity contribution in [1.82, 2.24) is 15.1 Å². The molecule has 0 saturated carbocycles. The second-order valence-electron chi connectivity index (χ2n) is 6.82. The van der Waals surface area contributed by atoms with Gasteiger partial charge in [-0.15, -0.1) is 0 Å². The van der Waals surface area contributed by atoms with Gasteiger partial charge in [0.2, 0.25) is 0 Å². The molecule has 2 amide bonds. The van der Waals surface area contributed by atoms with Crippen LogP contribution in [0.5, 0.6) is 0 Å². The smallest absolute Gasteiger partial charge is 0.317 e. The third kappa shape index (κ3) is 4.69. The molecule has 0 aliphatic carbocycles. The molecule has 3 rings (SSSR count). The van der Waals surface area contributed by atoms with Gasteiger partial charge in [0.05, 0.1) is 0 Å². The largest absolute Gasteiger partial charge is 0.334 e. The van der Waals surface area contributed by atoms with Crippen LogP contribution in [0.2, 0.25) is 0 Å². The molecule has 2 atom stereocenters. The molecule has 5 nitrogen and oxygen atoms in total. The fraction of sp³-hybridized carbons (Fsp3) is 0.611. The molecule has 3 N–H and O–H groups in total. The summed E-state index contributed by atoms with van der Waals surface area (Å²) in [6, 6.07) is 11.1. The molecule has 0 bridgehead atoms. The van der Waals surface area contributed by atoms with E-state index in [4.69, 9.17) is 5.73 Å². The minimum Gasteiger partial charge on any atom is -0.334 e. The van der Waals surface area contributed by atoms with Gasteiger partial charge in [0.1, 0.15) is 0 Å². The van der Waals surface area contributed by atoms with Gasteiger partial charge in [-0.05, 0) is 37.8 Å². The summed E-state index contributed by atoms with van der Waals surface area (Å²) in [5, 5.41) is 3.17. The van der Waals surface area contributed by atoms with Crippen molar-refractivity contribution in [2.75, 3.05) is 32.7 Å². The maximum Gasteiger partial charge on any atom is 0.317 e. The van der Waals surface area contributed by atoms with E-state index in [1.807, 2.05) is 4.90 Å². The van der Waals surface area contributed by atoms with Crippen LogP contribution >= 0.6 is 0 Å². The van der Waals surface area contributed by atoms with E-state index in [0.717, 1.165) is 45.4 Å². The van der Waals surface area contributed by atoms with Crippen molar-refractivity contribution < 1.29 is 4.79 Å². The van der Waals surface area contributed by atoms with Crippen LogP contribution < -0.4 is 11.1 Å². The highest BCUT2D eigenvalue weighted by Gasteiger charge is 2.28. The van der Waals surface area contributed by atoms with Crippen LogP contribution in [0.15, 0.2) is 30.3 Å². The fourth-order valence-corrected chi connectivity index (χ4v) is 3.54. The average Bonchev–Trinajstić information content (AvgIpc) is 3.18. The lowest BCUT2D eigenvalue weighted by Crippen LogP contribution is -2.45. The second-order valence-corrected chi connectivity index (χ2v) is 6.82. The van der Waals surface area contributed by atoms with Gasteiger partial charge in [-0.25, -0.2) is 4.79 Å². The van der Waals surface area contributed by atoms with E-state index in [1.165, 1.54) is 12.0 Å². The highest BCUT2D eigenvalue weighted by atomic mass is 16.2. The number of amides is 2. The first-order chi connectivity index (χ1) is 11.2. The number of hydrogen-bond donors (Lipinski definition) is 2. The van der Waals surface area contributed by atoms with Crippen LogP contribution in [-0.4, -0.2) is 60.6 Å². The van der Waals surface area contributed by atoms with Crippen LogP contribution in [0.1, 0.15) is 24.8 Å². The minimum atomic E-state index is 0.0640. The predicted molar refractivity (Wildman–Crippen MR) is 92.3 cm³/mol. The van der Waals surface area contributed by atoms with Crippen LogP contribution in [-0.2, 0) is 6.42 Å². The first kappa shape index (κ1) is 16.3. The van der Waals surface area contributed by atoms with Crippen LogP contribution in [0.4, 0.5) is 4.79 Å². The van der Waals surface area contributed by atoms with E-state index < -0.39 is 0 Å². The normalized spacial score (nSPS) is 25.0. The number of nitrogens with two attached hydrogens (primary N) is 1. The van der Waals surface area contributed by atoms with Crippen LogP contribution in [0, 0.1) is 0 Å². The Morgan fingerprint density at radius 2 is 2.00 bits per heavy atom. The van der Waals surface area contributed by atoms with Crippen molar-refractivity contribution in [1.29, 1.82) is 0 Å². The number of rotatable bonds is 5. The Kier molecular flexibility index (Phi) is 5.51. The summed E-state index contributed by atoms with van der Waals surface area (Å²) in [5.74, 6) is 0. The number of nitrogens with one attached hydrogen (secondary N) is 1. The summed E-state index contributed by atoms with van der Waals surface area (Å²) < 4.78 is 0. The number of benzene rings is 1. The number of nitrogens with zero attached hydrogens (tertiary/aromatic N) is 2. The lowest BCUT2D eigenvalue weighted by molar-refractivity contribution is 0.203. The number of urea groups is 1. The molecule has 1 aromatic carbocycles. The molecule has 2 fully saturated rings. The van der Waals surface area contributed by atoms with E-state index in [9.17, 15) is 4.79 Å². The SMILES string of the molecule is N[C@H]1CCN(C(=O)N[C@H]2CCN(CCCc3ccccc3)C2)C1. The monoisotopic (exact) mass is 316 g/mol. The molecule has 2 saturated heterocycles. The maximum absolute atomic E-state index is 12.2. The number of hydrogen-bond acceptors (Lipinski definition) is 3. The summed E-state index contributed by atoms with van der Waals surface area (Å²) in [6.07, 6.45) is 4.27. The van der Waals surface area contributed by atoms with Crippen LogP contribution in [0.25, 0.3) is 0 Å². The molecular formula is C18H28N4O. The van der Waals surface area contributed by atoms with Crippen molar-refractivity contribution in [2.45, 2.75) is 37.8 Å². The summed E-state index contributed by atoms with van der Waals surface area (Å²) in [5.41, 5.74) is 7.27. The van der Waals surface area contributed by atoms with Gasteiger partial charge in [0, 0.05) is 38.3 Å². The van der Waals surface area contributed by atoms with Gasteiger partial charge < -0.3 is 20.9 Å². The second kappa shape index (κ2) is 7.79. The standard InChI is InChI=1S/C18H28N4O/c19-16-8-12-22(13-16)18(23)20-17-9-11-21(14-17)10-4-7-15-5-2-1-3-6-15/h1-3,5-6,16-17H,4,7-14,19H2,(H,20,23)/t16-,17-/m0/s1. The van der Waals surface area contributed by atoms with Gasteiger partial charge in [0.15, 0.2) is 0 Å². The molecule has 2 heterocycles. The first-order valence-corrected chi connectivity index (χ1v) is 8.78. The van der Waals surface area contributed by atoms with E-state index in [0.29, 0.717) is 6.54 Å². The van der Waals surface area contributed by atoms with Crippen molar-refractivity contribution in [2.24, 2.45) is 5.73 Å². The maximum atomic E-state index is 12.2. The fourth-order valence-electron chi connectivity index (χ4n) is 3.54. The van der Waals surface area contributed by atoms with Gasteiger partial charge in [-0.3, -0.25) is 0 Å². The van der Waals surface area contributed by atoms with Gasteiger partial charge in [-0.2, -0.15) is 0 Å². The Morgan fingerprint density at radius 1 is 1.17 bits per heavy atom. The third-order valence-corrected chi connectivity index (χ3v) is 4.89. The summed E-state index contributed by atoms with van der Waals surface area (Å²) in [6.45, 7) is 4.65. The molecular weight excluding hydrogens is 288 g/mol. The number of carbonyl (C=O) groups is 1. The van der Waals surface area contributed by atoms with Gasteiger partial charge >= 0.3 is 6.03 Å². The van der Waals surface area contributed by atoms with Crippen molar-refractivity contribution in [3.8, 4) is 0 Å². The molecule has 126 valence electrons. The Bertz CT molecular complexity index is 507. The molecule has 0 spiro atoms. The quantitative estimate of drug-likeness (QED) is 0.864. The van der Waals surface area contributed by atoms with E-state index >= 15 is 0 Å². The lowest BCUT2D eigenvalue weighted by Gasteiger charge is -2.21. The first-order valence-electron chi connectivity index (χ1n) is 8.78. The molecule has 5 heteroatoms. The Balaban J connectivity index is 1.34. The van der Waals surface area contributed by atoms with Gasteiger partial charge in [0.25, 0.3) is 0 Å². The topological polar surface area (TPSA) is 61.6 Å². The molecule has 0 unspecified atom stereocenters. The van der Waals surface area contributed by atoms with Crippen molar-refractivity contribution >= 4 is 6.03 Å². The number of carbonyl (C=O) groups excluding carboxylic acids is 1. The van der Waals surface area contributed by atoms with E-state index in [1.54, 1.807) is 0 Å². The van der Waals surface area contributed by atoms with E-state index in [2.05, 4.69) is 40.5 Å². The summed E-state index contributed by atoms with van der Waals surface area (Å²) >= 11 is 0. The van der Waals surface area contributed by atoms with Gasteiger partial charge in [-0.1, -0.05) is 30.3 Å². The highest BCUT2D eigenvalue weighted by molar-refractivity contribution is 5.75. The Morgan fingerprint density at radius 3 is 2.74 bits per heavy atom. The Hall–Kier alpha value is -1.59. The molecule has 1 aromatic rings. The zero-order valence-electron chi connectivity index (χ0n) is 13.8. The average molecular weight is 316 g/mol. The minimum absolute atomic E-state index is 0.0640. The summed E-state index contributed by atoms with van der Waals surface area (Å²) in [4.78, 5) is 16.5. The molecule has 0 radical (unpaired) electrons. The lowest BCUT2D eigenvalue weighted by atomic mass is 10.1. The Labute approximate surface area is 138 Å². The zero-order valence-corrected chi connectivity index (χ0v) is 13.8. The molecule has 23 heavy (non-hydrogen) atoms. The predicted octanol–water partition coefficient (Wildman–Crippen LogP) is 1.44. The summed E-state index contributed by atoms with van der Waals surface area (Å²) in [7, 11) is 0. The van der Waals surface area contributed by atoms with Crippen molar-refractivity contribution in [3.63, 3.8) is 0 Å². The van der Waals surface area contributed by atoms with Crippen LogP contribution in [0.3, 0.4) is 0 Å². The number of likely N-dealkylation sites (tertiary alicyclic amines) is 2. The van der Waals surface area contributed by atoms with Crippen molar-refractivity contribution in [3.05, 3.63) is 35.9 Å². The highest BCUT2D eigenvalue weighted by Crippen LogP contribution is 2.13. The van der Waals surface area contributed by atoms with E-state index in [-0.39, 0.29) is 18.1 Å². The molecule has 2 aliphatic heterocycles. The molecule has 2 aliphatic rings. The number of aryl methyl sites for hydroxylation is 1.